The molecule has 106 valence electrons. The van der Waals surface area contributed by atoms with Gasteiger partial charge < -0.3 is 15.4 Å². The van der Waals surface area contributed by atoms with Crippen molar-refractivity contribution in [2.75, 3.05) is 12.4 Å². The molecule has 1 aromatic carbocycles. The van der Waals surface area contributed by atoms with Crippen LogP contribution in [-0.4, -0.2) is 24.6 Å². The molecule has 1 rings (SSSR count). The predicted octanol–water partition coefficient (Wildman–Crippen LogP) is 3.06. The van der Waals surface area contributed by atoms with Crippen molar-refractivity contribution in [1.29, 1.82) is 0 Å². The van der Waals surface area contributed by atoms with Gasteiger partial charge in [0.2, 0.25) is 5.91 Å². The maximum absolute atomic E-state index is 12.0. The molecule has 0 aliphatic rings. The summed E-state index contributed by atoms with van der Waals surface area (Å²) in [4.78, 5) is 12.0. The summed E-state index contributed by atoms with van der Waals surface area (Å²) in [7, 11) is 1.58. The van der Waals surface area contributed by atoms with Crippen LogP contribution in [-0.2, 0) is 4.79 Å². The van der Waals surface area contributed by atoms with Gasteiger partial charge in [-0.3, -0.25) is 4.79 Å². The highest BCUT2D eigenvalue weighted by Crippen LogP contribution is 2.28. The van der Waals surface area contributed by atoms with Gasteiger partial charge >= 0.3 is 0 Å². The molecule has 0 spiro atoms. The summed E-state index contributed by atoms with van der Waals surface area (Å²) in [5.41, 5.74) is 0.442. The van der Waals surface area contributed by atoms with Crippen LogP contribution in [0.4, 0.5) is 5.69 Å². The predicted molar refractivity (Wildman–Crippen MR) is 79.0 cm³/mol. The molecule has 1 amide bonds. The largest absolute Gasteiger partial charge is 0.495 e. The highest BCUT2D eigenvalue weighted by molar-refractivity contribution is 6.30. The summed E-state index contributed by atoms with van der Waals surface area (Å²) >= 11 is 5.95. The maximum atomic E-state index is 12.0. The Balaban J connectivity index is 2.79. The molecule has 0 bridgehead atoms. The minimum atomic E-state index is -0.383. The molecule has 0 aliphatic carbocycles. The van der Waals surface area contributed by atoms with Gasteiger partial charge in [0, 0.05) is 10.6 Å². The van der Waals surface area contributed by atoms with Crippen molar-refractivity contribution in [3.63, 3.8) is 0 Å². The van der Waals surface area contributed by atoms with Gasteiger partial charge in [0.15, 0.2) is 0 Å². The molecule has 4 nitrogen and oxygen atoms in total. The summed E-state index contributed by atoms with van der Waals surface area (Å²) in [6.07, 6.45) is 0. The average Bonchev–Trinajstić information content (AvgIpc) is 2.27. The molecule has 0 fully saturated rings. The van der Waals surface area contributed by atoms with Crippen LogP contribution >= 0.6 is 11.6 Å². The van der Waals surface area contributed by atoms with Crippen LogP contribution in [0.1, 0.15) is 27.7 Å². The molecule has 0 aliphatic heterocycles. The molecule has 19 heavy (non-hydrogen) atoms. The lowest BCUT2D eigenvalue weighted by atomic mass is 10.1. The molecule has 0 aromatic heterocycles. The number of carbonyl (C=O) groups excluding carboxylic acids is 1. The van der Waals surface area contributed by atoms with Crippen molar-refractivity contribution < 1.29 is 9.53 Å². The number of benzene rings is 1. The van der Waals surface area contributed by atoms with E-state index in [1.54, 1.807) is 32.2 Å². The fourth-order valence-electron chi connectivity index (χ4n) is 1.57. The fourth-order valence-corrected chi connectivity index (χ4v) is 1.74. The third kappa shape index (κ3) is 4.99. The summed E-state index contributed by atoms with van der Waals surface area (Å²) in [6, 6.07) is 4.86. The van der Waals surface area contributed by atoms with E-state index in [1.165, 1.54) is 0 Å². The lowest BCUT2D eigenvalue weighted by Gasteiger charge is -2.24. The van der Waals surface area contributed by atoms with E-state index in [-0.39, 0.29) is 17.5 Å². The first-order chi connectivity index (χ1) is 8.73. The molecule has 0 saturated heterocycles. The van der Waals surface area contributed by atoms with E-state index in [0.29, 0.717) is 16.5 Å². The number of nitrogens with one attached hydrogen (secondary N) is 2. The van der Waals surface area contributed by atoms with E-state index in [1.807, 2.05) is 20.8 Å². The highest BCUT2D eigenvalue weighted by atomic mass is 35.5. The SMILES string of the molecule is COc1ccc(Cl)cc1NC(C)C(=O)NC(C)(C)C. The molecule has 5 heteroatoms. The molecular formula is C14H21ClN2O2. The number of ether oxygens (including phenoxy) is 1. The molecule has 1 atom stereocenters. The molecule has 0 saturated carbocycles. The number of carbonyl (C=O) groups is 1. The van der Waals surface area contributed by atoms with Crippen LogP contribution in [0.25, 0.3) is 0 Å². The van der Waals surface area contributed by atoms with Gasteiger partial charge in [-0.2, -0.15) is 0 Å². The topological polar surface area (TPSA) is 50.4 Å². The summed E-state index contributed by atoms with van der Waals surface area (Å²) in [5, 5.41) is 6.61. The first-order valence-corrected chi connectivity index (χ1v) is 6.53. The van der Waals surface area contributed by atoms with E-state index in [4.69, 9.17) is 16.3 Å². The van der Waals surface area contributed by atoms with E-state index in [9.17, 15) is 4.79 Å². The summed E-state index contributed by atoms with van der Waals surface area (Å²) in [5.74, 6) is 0.578. The van der Waals surface area contributed by atoms with E-state index in [0.717, 1.165) is 0 Å². The van der Waals surface area contributed by atoms with Crippen molar-refractivity contribution in [3.8, 4) is 5.75 Å². The van der Waals surface area contributed by atoms with Crippen LogP contribution in [0.5, 0.6) is 5.75 Å². The van der Waals surface area contributed by atoms with Gasteiger partial charge in [-0.05, 0) is 45.9 Å². The Labute approximate surface area is 119 Å². The Bertz CT molecular complexity index is 455. The molecule has 1 unspecified atom stereocenters. The Hall–Kier alpha value is -1.42. The second-order valence-electron chi connectivity index (χ2n) is 5.45. The normalized spacial score (nSPS) is 12.7. The van der Waals surface area contributed by atoms with E-state index in [2.05, 4.69) is 10.6 Å². The van der Waals surface area contributed by atoms with Gasteiger partial charge in [0.25, 0.3) is 0 Å². The van der Waals surface area contributed by atoms with Crippen molar-refractivity contribution >= 4 is 23.2 Å². The summed E-state index contributed by atoms with van der Waals surface area (Å²) < 4.78 is 5.23. The highest BCUT2D eigenvalue weighted by Gasteiger charge is 2.20. The van der Waals surface area contributed by atoms with Gasteiger partial charge in [0.05, 0.1) is 12.8 Å². The maximum Gasteiger partial charge on any atom is 0.242 e. The van der Waals surface area contributed by atoms with Gasteiger partial charge in [-0.25, -0.2) is 0 Å². The van der Waals surface area contributed by atoms with E-state index < -0.39 is 0 Å². The number of halogens is 1. The zero-order chi connectivity index (χ0) is 14.6. The number of hydrogen-bond acceptors (Lipinski definition) is 3. The number of methoxy groups -OCH3 is 1. The zero-order valence-corrected chi connectivity index (χ0v) is 12.8. The van der Waals surface area contributed by atoms with Crippen molar-refractivity contribution in [2.45, 2.75) is 39.3 Å². The lowest BCUT2D eigenvalue weighted by Crippen LogP contribution is -2.47. The van der Waals surface area contributed by atoms with E-state index >= 15 is 0 Å². The van der Waals surface area contributed by atoms with Crippen LogP contribution in [0.2, 0.25) is 5.02 Å². The molecule has 0 radical (unpaired) electrons. The van der Waals surface area contributed by atoms with Crippen LogP contribution in [0.15, 0.2) is 18.2 Å². The standard InChI is InChI=1S/C14H21ClN2O2/c1-9(13(18)17-14(2,3)4)16-11-8-10(15)6-7-12(11)19-5/h6-9,16H,1-5H3,(H,17,18). The van der Waals surface area contributed by atoms with Crippen molar-refractivity contribution in [3.05, 3.63) is 23.2 Å². The lowest BCUT2D eigenvalue weighted by molar-refractivity contribution is -0.122. The quantitative estimate of drug-likeness (QED) is 0.893. The minimum absolute atomic E-state index is 0.0745. The molecule has 1 aromatic rings. The van der Waals surface area contributed by atoms with Crippen molar-refractivity contribution in [1.82, 2.24) is 5.32 Å². The Morgan fingerprint density at radius 1 is 1.37 bits per heavy atom. The second kappa shape index (κ2) is 6.15. The first-order valence-electron chi connectivity index (χ1n) is 6.15. The second-order valence-corrected chi connectivity index (χ2v) is 5.89. The van der Waals surface area contributed by atoms with Crippen LogP contribution in [0, 0.1) is 0 Å². The third-order valence-corrected chi connectivity index (χ3v) is 2.66. The van der Waals surface area contributed by atoms with Crippen molar-refractivity contribution in [2.24, 2.45) is 0 Å². The van der Waals surface area contributed by atoms with Crippen LogP contribution in [0.3, 0.4) is 0 Å². The van der Waals surface area contributed by atoms with Crippen LogP contribution < -0.4 is 15.4 Å². The average molecular weight is 285 g/mol. The monoisotopic (exact) mass is 284 g/mol. The Morgan fingerprint density at radius 3 is 2.53 bits per heavy atom. The van der Waals surface area contributed by atoms with Gasteiger partial charge in [0.1, 0.15) is 11.8 Å². The summed E-state index contributed by atoms with van der Waals surface area (Å²) in [6.45, 7) is 7.62. The fraction of sp³-hybridized carbons (Fsp3) is 0.500. The molecule has 0 heterocycles. The first kappa shape index (κ1) is 15.6. The third-order valence-electron chi connectivity index (χ3n) is 2.43. The smallest absolute Gasteiger partial charge is 0.242 e. The molecule has 2 N–H and O–H groups in total. The van der Waals surface area contributed by atoms with Gasteiger partial charge in [-0.1, -0.05) is 11.6 Å². The number of amides is 1. The minimum Gasteiger partial charge on any atom is -0.495 e. The Morgan fingerprint density at radius 2 is 2.00 bits per heavy atom. The van der Waals surface area contributed by atoms with Gasteiger partial charge in [-0.15, -0.1) is 0 Å². The zero-order valence-electron chi connectivity index (χ0n) is 12.0. The number of rotatable bonds is 4. The number of hydrogen-bond donors (Lipinski definition) is 2. The number of anilines is 1. The Kier molecular flexibility index (Phi) is 5.06. The molecular weight excluding hydrogens is 264 g/mol.